The van der Waals surface area contributed by atoms with Gasteiger partial charge in [0.05, 0.1) is 15.5 Å². The SMILES string of the molecule is N#Cc1ccccc1S(=O)(=O)N1CCN(C(=O)COc2ccc(F)cc2Cl)CC1. The van der Waals surface area contributed by atoms with Crippen LogP contribution < -0.4 is 4.74 Å². The second-order valence-electron chi connectivity index (χ2n) is 6.26. The van der Waals surface area contributed by atoms with Gasteiger partial charge in [0.25, 0.3) is 5.91 Å². The molecule has 1 amide bonds. The normalized spacial score (nSPS) is 15.0. The van der Waals surface area contributed by atoms with E-state index in [2.05, 4.69) is 0 Å². The summed E-state index contributed by atoms with van der Waals surface area (Å²) in [5.41, 5.74) is 0.0792. The smallest absolute Gasteiger partial charge is 0.260 e. The molecule has 29 heavy (non-hydrogen) atoms. The fourth-order valence-corrected chi connectivity index (χ4v) is 4.71. The molecule has 0 aromatic heterocycles. The van der Waals surface area contributed by atoms with Crippen molar-refractivity contribution in [2.75, 3.05) is 32.8 Å². The molecule has 2 aromatic carbocycles. The van der Waals surface area contributed by atoms with Crippen molar-refractivity contribution in [1.29, 1.82) is 5.26 Å². The Balaban J connectivity index is 1.60. The molecule has 10 heteroatoms. The van der Waals surface area contributed by atoms with E-state index in [-0.39, 0.29) is 59.9 Å². The van der Waals surface area contributed by atoms with Crippen LogP contribution in [0.15, 0.2) is 47.4 Å². The highest BCUT2D eigenvalue weighted by molar-refractivity contribution is 7.89. The predicted molar refractivity (Wildman–Crippen MR) is 103 cm³/mol. The average Bonchev–Trinajstić information content (AvgIpc) is 2.73. The summed E-state index contributed by atoms with van der Waals surface area (Å²) in [5.74, 6) is -0.653. The summed E-state index contributed by atoms with van der Waals surface area (Å²) in [6, 6.07) is 11.5. The van der Waals surface area contributed by atoms with Crippen molar-refractivity contribution in [1.82, 2.24) is 9.21 Å². The lowest BCUT2D eigenvalue weighted by Gasteiger charge is -2.34. The second-order valence-corrected chi connectivity index (χ2v) is 8.57. The van der Waals surface area contributed by atoms with E-state index >= 15 is 0 Å². The molecule has 0 unspecified atom stereocenters. The Morgan fingerprint density at radius 2 is 1.86 bits per heavy atom. The van der Waals surface area contributed by atoms with Crippen LogP contribution in [-0.2, 0) is 14.8 Å². The minimum Gasteiger partial charge on any atom is -0.482 e. The standard InChI is InChI=1S/C19H17ClFN3O4S/c20-16-11-15(21)5-6-17(16)28-13-19(25)23-7-9-24(10-8-23)29(26,27)18-4-2-1-3-14(18)12-22/h1-6,11H,7-10,13H2. The van der Waals surface area contributed by atoms with Crippen LogP contribution in [0.1, 0.15) is 5.56 Å². The molecule has 1 aliphatic rings. The molecule has 0 spiro atoms. The van der Waals surface area contributed by atoms with Crippen LogP contribution in [0.2, 0.25) is 5.02 Å². The van der Waals surface area contributed by atoms with Gasteiger partial charge in [-0.15, -0.1) is 0 Å². The monoisotopic (exact) mass is 437 g/mol. The summed E-state index contributed by atoms with van der Waals surface area (Å²) in [6.07, 6.45) is 0. The first-order valence-electron chi connectivity index (χ1n) is 8.68. The number of hydrogen-bond acceptors (Lipinski definition) is 5. The van der Waals surface area contributed by atoms with Crippen LogP contribution in [0.25, 0.3) is 0 Å². The molecule has 1 fully saturated rings. The summed E-state index contributed by atoms with van der Waals surface area (Å²) in [7, 11) is -3.83. The Kier molecular flexibility index (Phi) is 6.37. The molecule has 0 bridgehead atoms. The van der Waals surface area contributed by atoms with Crippen molar-refractivity contribution in [3.8, 4) is 11.8 Å². The average molecular weight is 438 g/mol. The van der Waals surface area contributed by atoms with E-state index in [1.807, 2.05) is 6.07 Å². The molecule has 0 saturated carbocycles. The number of nitrogens with zero attached hydrogens (tertiary/aromatic N) is 3. The Morgan fingerprint density at radius 1 is 1.17 bits per heavy atom. The van der Waals surface area contributed by atoms with E-state index in [9.17, 15) is 17.6 Å². The molecule has 0 atom stereocenters. The number of amides is 1. The fourth-order valence-electron chi connectivity index (χ4n) is 2.92. The first-order chi connectivity index (χ1) is 13.8. The van der Waals surface area contributed by atoms with Crippen LogP contribution in [0.4, 0.5) is 4.39 Å². The molecule has 152 valence electrons. The van der Waals surface area contributed by atoms with Crippen LogP contribution in [0.3, 0.4) is 0 Å². The van der Waals surface area contributed by atoms with Crippen molar-refractivity contribution in [2.24, 2.45) is 0 Å². The van der Waals surface area contributed by atoms with E-state index in [4.69, 9.17) is 21.6 Å². The van der Waals surface area contributed by atoms with Crippen LogP contribution in [0, 0.1) is 17.1 Å². The summed E-state index contributed by atoms with van der Waals surface area (Å²) in [5, 5.41) is 9.21. The fraction of sp³-hybridized carbons (Fsp3) is 0.263. The number of sulfonamides is 1. The van der Waals surface area contributed by atoms with Gasteiger partial charge in [-0.2, -0.15) is 9.57 Å². The van der Waals surface area contributed by atoms with Crippen molar-refractivity contribution in [2.45, 2.75) is 4.90 Å². The molecule has 0 N–H and O–H groups in total. The zero-order chi connectivity index (χ0) is 21.0. The van der Waals surface area contributed by atoms with E-state index in [1.165, 1.54) is 33.5 Å². The van der Waals surface area contributed by atoms with E-state index < -0.39 is 15.8 Å². The minimum atomic E-state index is -3.83. The number of ether oxygens (including phenoxy) is 1. The topological polar surface area (TPSA) is 90.7 Å². The third kappa shape index (κ3) is 4.67. The minimum absolute atomic E-state index is 0.0449. The van der Waals surface area contributed by atoms with Crippen molar-refractivity contribution in [3.05, 3.63) is 58.9 Å². The lowest BCUT2D eigenvalue weighted by molar-refractivity contribution is -0.134. The van der Waals surface area contributed by atoms with Gasteiger partial charge in [-0.3, -0.25) is 4.79 Å². The van der Waals surface area contributed by atoms with Crippen LogP contribution in [-0.4, -0.2) is 56.3 Å². The van der Waals surface area contributed by atoms with Crippen molar-refractivity contribution < 1.29 is 22.3 Å². The number of hydrogen-bond donors (Lipinski definition) is 0. The number of piperazine rings is 1. The number of carbonyl (C=O) groups is 1. The summed E-state index contributed by atoms with van der Waals surface area (Å²) in [4.78, 5) is 13.8. The van der Waals surface area contributed by atoms with Gasteiger partial charge >= 0.3 is 0 Å². The molecule has 3 rings (SSSR count). The van der Waals surface area contributed by atoms with Gasteiger partial charge in [0.15, 0.2) is 6.61 Å². The largest absolute Gasteiger partial charge is 0.482 e. The zero-order valence-electron chi connectivity index (χ0n) is 15.2. The first kappa shape index (κ1) is 21.0. The summed E-state index contributed by atoms with van der Waals surface area (Å²) < 4.78 is 45.3. The summed E-state index contributed by atoms with van der Waals surface area (Å²) >= 11 is 5.86. The predicted octanol–water partition coefficient (Wildman–Crippen LogP) is 2.26. The molecule has 1 aliphatic heterocycles. The third-order valence-electron chi connectivity index (χ3n) is 4.46. The maximum absolute atomic E-state index is 13.1. The molecular weight excluding hydrogens is 421 g/mol. The van der Waals surface area contributed by atoms with E-state index in [1.54, 1.807) is 12.1 Å². The summed E-state index contributed by atoms with van der Waals surface area (Å²) in [6.45, 7) is 0.284. The highest BCUT2D eigenvalue weighted by Crippen LogP contribution is 2.25. The molecular formula is C19H17ClFN3O4S. The van der Waals surface area contributed by atoms with E-state index in [0.717, 1.165) is 6.07 Å². The number of benzene rings is 2. The molecule has 2 aromatic rings. The van der Waals surface area contributed by atoms with Gasteiger partial charge in [0, 0.05) is 26.2 Å². The second kappa shape index (κ2) is 8.78. The maximum atomic E-state index is 13.1. The number of carbonyl (C=O) groups excluding carboxylic acids is 1. The molecule has 7 nitrogen and oxygen atoms in total. The van der Waals surface area contributed by atoms with Gasteiger partial charge < -0.3 is 9.64 Å². The first-order valence-corrected chi connectivity index (χ1v) is 10.5. The van der Waals surface area contributed by atoms with Crippen molar-refractivity contribution in [3.63, 3.8) is 0 Å². The maximum Gasteiger partial charge on any atom is 0.260 e. The number of nitriles is 1. The molecule has 0 radical (unpaired) electrons. The lowest BCUT2D eigenvalue weighted by Crippen LogP contribution is -2.51. The third-order valence-corrected chi connectivity index (χ3v) is 6.71. The molecule has 0 aliphatic carbocycles. The Morgan fingerprint density at radius 3 is 2.52 bits per heavy atom. The Hall–Kier alpha value is -2.67. The zero-order valence-corrected chi connectivity index (χ0v) is 16.8. The highest BCUT2D eigenvalue weighted by Gasteiger charge is 2.31. The highest BCUT2D eigenvalue weighted by atomic mass is 35.5. The quantitative estimate of drug-likeness (QED) is 0.715. The van der Waals surface area contributed by atoms with Crippen molar-refractivity contribution >= 4 is 27.5 Å². The lowest BCUT2D eigenvalue weighted by atomic mass is 10.2. The molecule has 1 saturated heterocycles. The number of rotatable bonds is 5. The van der Waals surface area contributed by atoms with Gasteiger partial charge in [0.2, 0.25) is 10.0 Å². The number of halogens is 2. The Bertz CT molecular complexity index is 1060. The van der Waals surface area contributed by atoms with E-state index in [0.29, 0.717) is 0 Å². The Labute approximate surface area is 172 Å². The van der Waals surface area contributed by atoms with Gasteiger partial charge in [0.1, 0.15) is 17.6 Å². The van der Waals surface area contributed by atoms with Gasteiger partial charge in [-0.05, 0) is 30.3 Å². The van der Waals surface area contributed by atoms with Crippen LogP contribution in [0.5, 0.6) is 5.75 Å². The van der Waals surface area contributed by atoms with Gasteiger partial charge in [-0.25, -0.2) is 12.8 Å². The van der Waals surface area contributed by atoms with Gasteiger partial charge in [-0.1, -0.05) is 23.7 Å². The molecule has 1 heterocycles. The van der Waals surface area contributed by atoms with Crippen LogP contribution >= 0.6 is 11.6 Å².